The number of piperazine rings is 1. The van der Waals surface area contributed by atoms with Crippen molar-refractivity contribution in [3.63, 3.8) is 0 Å². The fourth-order valence-electron chi connectivity index (χ4n) is 3.43. The zero-order valence-electron chi connectivity index (χ0n) is 14.8. The van der Waals surface area contributed by atoms with Gasteiger partial charge in [0.25, 0.3) is 5.56 Å². The Kier molecular flexibility index (Phi) is 5.26. The van der Waals surface area contributed by atoms with Gasteiger partial charge in [-0.3, -0.25) is 9.69 Å². The molecule has 6 nitrogen and oxygen atoms in total. The molecule has 0 saturated carbocycles. The van der Waals surface area contributed by atoms with E-state index in [0.29, 0.717) is 0 Å². The highest BCUT2D eigenvalue weighted by atomic mass is 32.1. The maximum Gasteiger partial charge on any atom is 0.259 e. The number of unbranched alkanes of at least 4 members (excludes halogenated alkanes) is 1. The van der Waals surface area contributed by atoms with Crippen LogP contribution in [0, 0.1) is 0 Å². The molecule has 1 saturated heterocycles. The maximum atomic E-state index is 12.4. The molecule has 3 aromatic rings. The van der Waals surface area contributed by atoms with Gasteiger partial charge in [-0.15, -0.1) is 11.3 Å². The van der Waals surface area contributed by atoms with Crippen molar-refractivity contribution in [3.8, 4) is 0 Å². The van der Waals surface area contributed by atoms with Crippen molar-refractivity contribution in [1.29, 1.82) is 0 Å². The van der Waals surface area contributed by atoms with Crippen LogP contribution in [0.15, 0.2) is 47.0 Å². The van der Waals surface area contributed by atoms with Gasteiger partial charge < -0.3 is 9.47 Å². The van der Waals surface area contributed by atoms with Gasteiger partial charge in [-0.2, -0.15) is 0 Å². The topological polar surface area (TPSA) is 54.3 Å². The molecule has 0 unspecified atom stereocenters. The minimum atomic E-state index is 0.139. The number of anilines is 1. The zero-order chi connectivity index (χ0) is 17.8. The van der Waals surface area contributed by atoms with Crippen LogP contribution < -0.4 is 10.5 Å². The van der Waals surface area contributed by atoms with Crippen LogP contribution in [0.25, 0.3) is 10.1 Å². The van der Waals surface area contributed by atoms with E-state index in [1.165, 1.54) is 0 Å². The van der Waals surface area contributed by atoms with E-state index in [1.807, 2.05) is 34.3 Å². The van der Waals surface area contributed by atoms with Crippen molar-refractivity contribution in [2.75, 3.05) is 37.6 Å². The summed E-state index contributed by atoms with van der Waals surface area (Å²) in [7, 11) is 0. The second kappa shape index (κ2) is 7.97. The van der Waals surface area contributed by atoms with Crippen LogP contribution in [-0.2, 0) is 6.54 Å². The molecule has 1 fully saturated rings. The van der Waals surface area contributed by atoms with Gasteiger partial charge >= 0.3 is 0 Å². The fraction of sp³-hybridized carbons (Fsp3) is 0.421. The summed E-state index contributed by atoms with van der Waals surface area (Å²) < 4.78 is 2.92. The van der Waals surface area contributed by atoms with Crippen molar-refractivity contribution in [2.45, 2.75) is 19.4 Å². The van der Waals surface area contributed by atoms with E-state index < -0.39 is 0 Å². The Morgan fingerprint density at radius 1 is 1.00 bits per heavy atom. The standard InChI is InChI=1S/C19H23N5OS/c25-18-16-5-15-26-17(16)4-10-23(18)9-2-1-8-22-11-13-24(14-12-22)19-20-6-3-7-21-19/h3-7,10,15H,1-2,8-9,11-14H2. The second-order valence-electron chi connectivity index (χ2n) is 6.60. The van der Waals surface area contributed by atoms with Crippen molar-refractivity contribution >= 4 is 27.4 Å². The molecule has 136 valence electrons. The quantitative estimate of drug-likeness (QED) is 0.625. The molecule has 0 atom stereocenters. The molecule has 0 aliphatic carbocycles. The first-order chi connectivity index (χ1) is 12.8. The molecule has 3 aromatic heterocycles. The third kappa shape index (κ3) is 3.78. The van der Waals surface area contributed by atoms with Crippen LogP contribution in [0.3, 0.4) is 0 Å². The lowest BCUT2D eigenvalue weighted by atomic mass is 10.2. The minimum Gasteiger partial charge on any atom is -0.338 e. The van der Waals surface area contributed by atoms with E-state index in [4.69, 9.17) is 0 Å². The largest absolute Gasteiger partial charge is 0.338 e. The van der Waals surface area contributed by atoms with Crippen molar-refractivity contribution in [3.05, 3.63) is 52.5 Å². The molecule has 4 rings (SSSR count). The SMILES string of the molecule is O=c1c2ccsc2ccn1CCCCN1CCN(c2ncccn2)CC1. The average Bonchev–Trinajstić information content (AvgIpc) is 3.18. The number of thiophene rings is 1. The minimum absolute atomic E-state index is 0.139. The van der Waals surface area contributed by atoms with E-state index in [2.05, 4.69) is 19.8 Å². The summed E-state index contributed by atoms with van der Waals surface area (Å²) in [6.45, 7) is 5.90. The number of fused-ring (bicyclic) bond motifs is 1. The van der Waals surface area contributed by atoms with Gasteiger partial charge in [-0.05, 0) is 43.0 Å². The Morgan fingerprint density at radius 2 is 1.77 bits per heavy atom. The van der Waals surface area contributed by atoms with Gasteiger partial charge in [0.2, 0.25) is 5.95 Å². The molecule has 0 radical (unpaired) electrons. The highest BCUT2D eigenvalue weighted by Crippen LogP contribution is 2.16. The Bertz CT molecular complexity index is 899. The van der Waals surface area contributed by atoms with E-state index in [1.54, 1.807) is 23.7 Å². The van der Waals surface area contributed by atoms with Gasteiger partial charge in [0.05, 0.1) is 5.39 Å². The van der Waals surface area contributed by atoms with Crippen LogP contribution >= 0.6 is 11.3 Å². The lowest BCUT2D eigenvalue weighted by molar-refractivity contribution is 0.250. The predicted molar refractivity (Wildman–Crippen MR) is 106 cm³/mol. The molecule has 4 heterocycles. The third-order valence-corrected chi connectivity index (χ3v) is 5.81. The average molecular weight is 369 g/mol. The van der Waals surface area contributed by atoms with Crippen LogP contribution in [0.2, 0.25) is 0 Å². The number of hydrogen-bond donors (Lipinski definition) is 0. The molecule has 7 heteroatoms. The Balaban J connectivity index is 1.22. The smallest absolute Gasteiger partial charge is 0.259 e. The van der Waals surface area contributed by atoms with E-state index in [-0.39, 0.29) is 5.56 Å². The molecule has 0 N–H and O–H groups in total. The number of aromatic nitrogens is 3. The summed E-state index contributed by atoms with van der Waals surface area (Å²) in [5.74, 6) is 0.829. The second-order valence-corrected chi connectivity index (χ2v) is 7.55. The highest BCUT2D eigenvalue weighted by Gasteiger charge is 2.18. The summed E-state index contributed by atoms with van der Waals surface area (Å²) in [5, 5.41) is 2.83. The Morgan fingerprint density at radius 3 is 2.58 bits per heavy atom. The van der Waals surface area contributed by atoms with Crippen LogP contribution in [-0.4, -0.2) is 52.2 Å². The summed E-state index contributed by atoms with van der Waals surface area (Å²) in [4.78, 5) is 25.8. The molecule has 1 aliphatic rings. The highest BCUT2D eigenvalue weighted by molar-refractivity contribution is 7.17. The summed E-state index contributed by atoms with van der Waals surface area (Å²) in [6.07, 6.45) is 7.65. The summed E-state index contributed by atoms with van der Waals surface area (Å²) in [5.41, 5.74) is 0.139. The predicted octanol–water partition coefficient (Wildman–Crippen LogP) is 2.46. The molecule has 26 heavy (non-hydrogen) atoms. The van der Waals surface area contributed by atoms with Gasteiger partial charge in [-0.25, -0.2) is 9.97 Å². The van der Waals surface area contributed by atoms with Crippen LogP contribution in [0.5, 0.6) is 0 Å². The van der Waals surface area contributed by atoms with Crippen molar-refractivity contribution in [1.82, 2.24) is 19.4 Å². The molecule has 1 aliphatic heterocycles. The number of rotatable bonds is 6. The monoisotopic (exact) mass is 369 g/mol. The first-order valence-corrected chi connectivity index (χ1v) is 10.0. The van der Waals surface area contributed by atoms with E-state index >= 15 is 0 Å². The molecular formula is C19H23N5OS. The van der Waals surface area contributed by atoms with Gasteiger partial charge in [0.1, 0.15) is 0 Å². The van der Waals surface area contributed by atoms with Gasteiger partial charge in [-0.1, -0.05) is 0 Å². The molecular weight excluding hydrogens is 346 g/mol. The van der Waals surface area contributed by atoms with E-state index in [0.717, 1.165) is 68.1 Å². The maximum absolute atomic E-state index is 12.4. The van der Waals surface area contributed by atoms with E-state index in [9.17, 15) is 4.79 Å². The number of aryl methyl sites for hydroxylation is 1. The third-order valence-electron chi connectivity index (χ3n) is 4.92. The fourth-order valence-corrected chi connectivity index (χ4v) is 4.20. The molecule has 0 aromatic carbocycles. The normalized spacial score (nSPS) is 15.6. The first kappa shape index (κ1) is 17.2. The number of nitrogens with zero attached hydrogens (tertiary/aromatic N) is 5. The van der Waals surface area contributed by atoms with Crippen molar-refractivity contribution < 1.29 is 0 Å². The Hall–Kier alpha value is -2.25. The van der Waals surface area contributed by atoms with Crippen molar-refractivity contribution in [2.24, 2.45) is 0 Å². The van der Waals surface area contributed by atoms with Gasteiger partial charge in [0, 0.05) is 56.0 Å². The molecule has 0 bridgehead atoms. The lowest BCUT2D eigenvalue weighted by Crippen LogP contribution is -2.47. The molecule has 0 amide bonds. The van der Waals surface area contributed by atoms with Crippen LogP contribution in [0.1, 0.15) is 12.8 Å². The lowest BCUT2D eigenvalue weighted by Gasteiger charge is -2.34. The summed E-state index contributed by atoms with van der Waals surface area (Å²) >= 11 is 1.62. The van der Waals surface area contributed by atoms with Gasteiger partial charge in [0.15, 0.2) is 0 Å². The molecule has 0 spiro atoms. The zero-order valence-corrected chi connectivity index (χ0v) is 15.6. The first-order valence-electron chi connectivity index (χ1n) is 9.12. The number of pyridine rings is 1. The number of hydrogen-bond acceptors (Lipinski definition) is 6. The van der Waals surface area contributed by atoms with Crippen LogP contribution in [0.4, 0.5) is 5.95 Å². The Labute approximate surface area is 156 Å². The summed E-state index contributed by atoms with van der Waals surface area (Å²) in [6, 6.07) is 5.82.